The number of carbonyl (C=O) groups is 2. The molecule has 1 aliphatic carbocycles. The largest absolute Gasteiger partial charge is 0.364 e. The average molecular weight is 290 g/mol. The second-order valence-electron chi connectivity index (χ2n) is 6.10. The molecule has 3 N–H and O–H groups in total. The second kappa shape index (κ2) is 5.87. The number of nitrogens with two attached hydrogens (primary N) is 1. The number of aromatic nitrogens is 2. The predicted octanol–water partition coefficient (Wildman–Crippen LogP) is 1.75. The smallest absolute Gasteiger partial charge is 0.269 e. The number of aromatic amines is 1. The number of hydrogen-bond donors (Lipinski definition) is 2. The minimum absolute atomic E-state index is 0.00690. The minimum Gasteiger partial charge on any atom is -0.364 e. The summed E-state index contributed by atoms with van der Waals surface area (Å²) in [6.45, 7) is 0.797. The molecule has 1 unspecified atom stereocenters. The maximum atomic E-state index is 12.7. The van der Waals surface area contributed by atoms with Crippen LogP contribution in [0.4, 0.5) is 0 Å². The summed E-state index contributed by atoms with van der Waals surface area (Å²) < 4.78 is 0. The Balaban J connectivity index is 1.79. The zero-order valence-corrected chi connectivity index (χ0v) is 12.2. The van der Waals surface area contributed by atoms with Gasteiger partial charge < -0.3 is 10.6 Å². The molecule has 2 fully saturated rings. The van der Waals surface area contributed by atoms with E-state index in [2.05, 4.69) is 10.2 Å². The summed E-state index contributed by atoms with van der Waals surface area (Å²) in [6.07, 6.45) is 7.39. The Kier molecular flexibility index (Phi) is 3.94. The standard InChI is InChI=1S/C15H22N4O2/c16-14(20)12-9-11(17-18-12)13-7-3-4-8-19(13)15(21)10-5-1-2-6-10/h9-10,13H,1-8H2,(H2,16,20)(H,17,18). The van der Waals surface area contributed by atoms with Crippen molar-refractivity contribution in [3.8, 4) is 0 Å². The molecule has 1 saturated carbocycles. The lowest BCUT2D eigenvalue weighted by Crippen LogP contribution is -2.41. The van der Waals surface area contributed by atoms with E-state index in [-0.39, 0.29) is 23.6 Å². The van der Waals surface area contributed by atoms with Gasteiger partial charge in [0.15, 0.2) is 0 Å². The zero-order chi connectivity index (χ0) is 14.8. The van der Waals surface area contributed by atoms with Crippen LogP contribution in [0.2, 0.25) is 0 Å². The molecule has 0 bridgehead atoms. The van der Waals surface area contributed by atoms with Gasteiger partial charge in [0.25, 0.3) is 5.91 Å². The lowest BCUT2D eigenvalue weighted by Gasteiger charge is -2.36. The zero-order valence-electron chi connectivity index (χ0n) is 12.2. The Morgan fingerprint density at radius 3 is 2.57 bits per heavy atom. The molecule has 6 nitrogen and oxygen atoms in total. The number of nitrogens with one attached hydrogen (secondary N) is 1. The molecule has 1 atom stereocenters. The molecule has 0 spiro atoms. The van der Waals surface area contributed by atoms with E-state index in [1.807, 2.05) is 4.90 Å². The summed E-state index contributed by atoms with van der Waals surface area (Å²) in [6, 6.07) is 1.69. The van der Waals surface area contributed by atoms with Crippen LogP contribution in [0.15, 0.2) is 6.07 Å². The number of H-pyrrole nitrogens is 1. The molecule has 1 aliphatic heterocycles. The number of primary amides is 1. The van der Waals surface area contributed by atoms with Crippen molar-refractivity contribution in [1.82, 2.24) is 15.1 Å². The van der Waals surface area contributed by atoms with Crippen molar-refractivity contribution in [1.29, 1.82) is 0 Å². The van der Waals surface area contributed by atoms with E-state index in [0.29, 0.717) is 0 Å². The van der Waals surface area contributed by atoms with Gasteiger partial charge in [-0.05, 0) is 38.2 Å². The summed E-state index contributed by atoms with van der Waals surface area (Å²) in [7, 11) is 0. The van der Waals surface area contributed by atoms with E-state index in [1.165, 1.54) is 0 Å². The maximum Gasteiger partial charge on any atom is 0.269 e. The van der Waals surface area contributed by atoms with Gasteiger partial charge in [0.2, 0.25) is 5.91 Å². The highest BCUT2D eigenvalue weighted by molar-refractivity contribution is 5.90. The average Bonchev–Trinajstić information content (AvgIpc) is 3.18. The van der Waals surface area contributed by atoms with Crippen LogP contribution in [0.5, 0.6) is 0 Å². The van der Waals surface area contributed by atoms with Gasteiger partial charge in [0.1, 0.15) is 5.69 Å². The lowest BCUT2D eigenvalue weighted by molar-refractivity contribution is -0.139. The topological polar surface area (TPSA) is 92.1 Å². The normalized spacial score (nSPS) is 23.4. The van der Waals surface area contributed by atoms with Gasteiger partial charge >= 0.3 is 0 Å². The van der Waals surface area contributed by atoms with Gasteiger partial charge in [0, 0.05) is 12.5 Å². The summed E-state index contributed by atoms with van der Waals surface area (Å²) >= 11 is 0. The van der Waals surface area contributed by atoms with Crippen molar-refractivity contribution in [2.75, 3.05) is 6.54 Å². The van der Waals surface area contributed by atoms with Crippen LogP contribution in [0.1, 0.15) is 67.2 Å². The SMILES string of the molecule is NC(=O)c1cc(C2CCCCN2C(=O)C2CCCC2)[nH]n1. The molecule has 1 aromatic heterocycles. The van der Waals surface area contributed by atoms with Crippen LogP contribution in [0.3, 0.4) is 0 Å². The first kappa shape index (κ1) is 14.1. The van der Waals surface area contributed by atoms with Crippen LogP contribution in [0, 0.1) is 5.92 Å². The van der Waals surface area contributed by atoms with Gasteiger partial charge in [-0.15, -0.1) is 0 Å². The number of amides is 2. The van der Waals surface area contributed by atoms with E-state index in [9.17, 15) is 9.59 Å². The van der Waals surface area contributed by atoms with E-state index in [4.69, 9.17) is 5.73 Å². The minimum atomic E-state index is -0.540. The molecule has 3 rings (SSSR count). The first-order valence-electron chi connectivity index (χ1n) is 7.82. The molecular weight excluding hydrogens is 268 g/mol. The van der Waals surface area contributed by atoms with E-state index in [1.54, 1.807) is 6.07 Å². The van der Waals surface area contributed by atoms with Crippen molar-refractivity contribution >= 4 is 11.8 Å². The molecule has 2 aliphatic rings. The van der Waals surface area contributed by atoms with E-state index < -0.39 is 5.91 Å². The molecule has 21 heavy (non-hydrogen) atoms. The fourth-order valence-corrected chi connectivity index (χ4v) is 3.56. The Morgan fingerprint density at radius 1 is 1.19 bits per heavy atom. The number of hydrogen-bond acceptors (Lipinski definition) is 3. The fourth-order valence-electron chi connectivity index (χ4n) is 3.56. The van der Waals surface area contributed by atoms with Gasteiger partial charge in [-0.1, -0.05) is 12.8 Å². The first-order valence-corrected chi connectivity index (χ1v) is 7.82. The maximum absolute atomic E-state index is 12.7. The van der Waals surface area contributed by atoms with Crippen LogP contribution in [-0.2, 0) is 4.79 Å². The van der Waals surface area contributed by atoms with Gasteiger partial charge in [0.05, 0.1) is 11.7 Å². The molecule has 2 amide bonds. The molecule has 1 saturated heterocycles. The van der Waals surface area contributed by atoms with Gasteiger partial charge in [-0.3, -0.25) is 14.7 Å². The monoisotopic (exact) mass is 290 g/mol. The highest BCUT2D eigenvalue weighted by atomic mass is 16.2. The Hall–Kier alpha value is -1.85. The predicted molar refractivity (Wildman–Crippen MR) is 77.4 cm³/mol. The third-order valence-electron chi connectivity index (χ3n) is 4.70. The van der Waals surface area contributed by atoms with Crippen molar-refractivity contribution in [3.05, 3.63) is 17.5 Å². The van der Waals surface area contributed by atoms with Crippen molar-refractivity contribution in [3.63, 3.8) is 0 Å². The van der Waals surface area contributed by atoms with Crippen LogP contribution < -0.4 is 5.73 Å². The molecule has 1 aromatic rings. The number of carbonyl (C=O) groups excluding carboxylic acids is 2. The molecular formula is C15H22N4O2. The highest BCUT2D eigenvalue weighted by Gasteiger charge is 2.34. The summed E-state index contributed by atoms with van der Waals surface area (Å²) in [4.78, 5) is 25.9. The van der Waals surface area contributed by atoms with Gasteiger partial charge in [-0.25, -0.2) is 0 Å². The Bertz CT molecular complexity index is 534. The molecule has 114 valence electrons. The van der Waals surface area contributed by atoms with E-state index in [0.717, 1.165) is 57.2 Å². The van der Waals surface area contributed by atoms with Crippen LogP contribution in [0.25, 0.3) is 0 Å². The fraction of sp³-hybridized carbons (Fsp3) is 0.667. The quantitative estimate of drug-likeness (QED) is 0.888. The van der Waals surface area contributed by atoms with Gasteiger partial charge in [-0.2, -0.15) is 5.10 Å². The summed E-state index contributed by atoms with van der Waals surface area (Å²) in [5.41, 5.74) is 6.32. The van der Waals surface area contributed by atoms with Crippen molar-refractivity contribution in [2.24, 2.45) is 11.7 Å². The highest BCUT2D eigenvalue weighted by Crippen LogP contribution is 2.34. The van der Waals surface area contributed by atoms with Crippen LogP contribution in [-0.4, -0.2) is 33.5 Å². The lowest BCUT2D eigenvalue weighted by atomic mass is 9.96. The molecule has 6 heteroatoms. The molecule has 2 heterocycles. The number of likely N-dealkylation sites (tertiary alicyclic amines) is 1. The second-order valence-corrected chi connectivity index (χ2v) is 6.10. The third-order valence-corrected chi connectivity index (χ3v) is 4.70. The third kappa shape index (κ3) is 2.80. The van der Waals surface area contributed by atoms with Crippen molar-refractivity contribution < 1.29 is 9.59 Å². The Morgan fingerprint density at radius 2 is 1.90 bits per heavy atom. The summed E-state index contributed by atoms with van der Waals surface area (Å²) in [5, 5.41) is 6.83. The molecule has 0 aromatic carbocycles. The first-order chi connectivity index (χ1) is 10.2. The molecule has 0 radical (unpaired) electrons. The summed E-state index contributed by atoms with van der Waals surface area (Å²) in [5.74, 6) is -0.0847. The van der Waals surface area contributed by atoms with E-state index >= 15 is 0 Å². The van der Waals surface area contributed by atoms with Crippen LogP contribution >= 0.6 is 0 Å². The number of piperidine rings is 1. The number of rotatable bonds is 3. The Labute approximate surface area is 124 Å². The van der Waals surface area contributed by atoms with Crippen molar-refractivity contribution in [2.45, 2.75) is 51.0 Å². The number of nitrogens with zero attached hydrogens (tertiary/aromatic N) is 2.